The Kier molecular flexibility index (Phi) is 12.8. The molecule has 0 spiro atoms. The number of carboxylic acid groups (broad SMARTS) is 2. The molecule has 0 aromatic rings. The van der Waals surface area contributed by atoms with E-state index in [2.05, 4.69) is 27.7 Å². The van der Waals surface area contributed by atoms with Crippen LogP contribution < -0.4 is 0 Å². The summed E-state index contributed by atoms with van der Waals surface area (Å²) in [6.45, 7) is 8.31. The standard InChI is InChI=1S/C15H28O4.K.H/c1-5-6-7-8-9-11(15(2,3)4)10-12(13(16)17)14(18)19;;/h11-12H,5-10H2,1-4H3,(H,16,17)(H,18,19);;. The molecule has 0 aliphatic heterocycles. The predicted molar refractivity (Wildman–Crippen MR) is 82.2 cm³/mol. The Bertz CT molecular complexity index is 283. The van der Waals surface area contributed by atoms with Crippen molar-refractivity contribution >= 4 is 63.3 Å². The van der Waals surface area contributed by atoms with Crippen LogP contribution in [-0.2, 0) is 9.59 Å². The van der Waals surface area contributed by atoms with E-state index in [1.807, 2.05) is 0 Å². The third-order valence-corrected chi connectivity index (χ3v) is 3.75. The molecule has 5 heteroatoms. The fourth-order valence-electron chi connectivity index (χ4n) is 2.31. The van der Waals surface area contributed by atoms with Crippen LogP contribution in [0.4, 0.5) is 0 Å². The quantitative estimate of drug-likeness (QED) is 0.389. The first-order chi connectivity index (χ1) is 8.70. The van der Waals surface area contributed by atoms with Crippen LogP contribution in [-0.4, -0.2) is 73.5 Å². The molecule has 114 valence electrons. The predicted octanol–water partition coefficient (Wildman–Crippen LogP) is 3.15. The summed E-state index contributed by atoms with van der Waals surface area (Å²) in [4.78, 5) is 22.0. The van der Waals surface area contributed by atoms with Gasteiger partial charge in [0.05, 0.1) is 0 Å². The van der Waals surface area contributed by atoms with E-state index in [1.165, 1.54) is 6.42 Å². The Labute approximate surface area is 165 Å². The molecule has 1 atom stereocenters. The van der Waals surface area contributed by atoms with Crippen LogP contribution in [0.15, 0.2) is 0 Å². The summed E-state index contributed by atoms with van der Waals surface area (Å²) in [5.74, 6) is -3.61. The first-order valence-electron chi connectivity index (χ1n) is 7.15. The summed E-state index contributed by atoms with van der Waals surface area (Å²) in [7, 11) is 0. The van der Waals surface area contributed by atoms with E-state index in [1.54, 1.807) is 0 Å². The van der Waals surface area contributed by atoms with Crippen LogP contribution in [0.2, 0.25) is 0 Å². The van der Waals surface area contributed by atoms with Gasteiger partial charge >= 0.3 is 63.3 Å². The van der Waals surface area contributed by atoms with Crippen molar-refractivity contribution in [2.24, 2.45) is 17.3 Å². The van der Waals surface area contributed by atoms with Crippen molar-refractivity contribution in [3.05, 3.63) is 0 Å². The van der Waals surface area contributed by atoms with Gasteiger partial charge in [0, 0.05) is 0 Å². The third kappa shape index (κ3) is 9.50. The molecule has 4 nitrogen and oxygen atoms in total. The molecule has 0 fully saturated rings. The maximum absolute atomic E-state index is 11.0. The fourth-order valence-corrected chi connectivity index (χ4v) is 2.31. The molecule has 0 aromatic heterocycles. The minimum absolute atomic E-state index is 0. The average molecular weight is 312 g/mol. The van der Waals surface area contributed by atoms with Gasteiger partial charge in [-0.05, 0) is 24.2 Å². The second-order valence-electron chi connectivity index (χ2n) is 6.38. The molecule has 0 bridgehead atoms. The molecule has 0 amide bonds. The summed E-state index contributed by atoms with van der Waals surface area (Å²) >= 11 is 0. The molecule has 0 saturated carbocycles. The molecule has 20 heavy (non-hydrogen) atoms. The molecular formula is C15H29KO4. The van der Waals surface area contributed by atoms with E-state index in [-0.39, 0.29) is 69.1 Å². The number of carboxylic acids is 2. The summed E-state index contributed by atoms with van der Waals surface area (Å²) in [6.07, 6.45) is 5.64. The molecule has 0 aliphatic rings. The van der Waals surface area contributed by atoms with Crippen LogP contribution in [0, 0.1) is 17.3 Å². The summed E-state index contributed by atoms with van der Waals surface area (Å²) in [6, 6.07) is 0. The van der Waals surface area contributed by atoms with Gasteiger partial charge in [-0.3, -0.25) is 9.59 Å². The molecular weight excluding hydrogens is 283 g/mol. The van der Waals surface area contributed by atoms with Gasteiger partial charge < -0.3 is 10.2 Å². The SMILES string of the molecule is CCCCCCC(CC(C(=O)O)C(=O)O)C(C)(C)C.[KH]. The molecule has 0 heterocycles. The van der Waals surface area contributed by atoms with Crippen LogP contribution >= 0.6 is 0 Å². The third-order valence-electron chi connectivity index (χ3n) is 3.75. The Hall–Kier alpha value is 0.576. The van der Waals surface area contributed by atoms with Crippen LogP contribution in [0.1, 0.15) is 66.2 Å². The van der Waals surface area contributed by atoms with Gasteiger partial charge in [-0.2, -0.15) is 0 Å². The Morgan fingerprint density at radius 2 is 1.50 bits per heavy atom. The molecule has 2 N–H and O–H groups in total. The van der Waals surface area contributed by atoms with Gasteiger partial charge in [0.1, 0.15) is 0 Å². The van der Waals surface area contributed by atoms with Crippen molar-refractivity contribution < 1.29 is 19.8 Å². The molecule has 0 rings (SSSR count). The van der Waals surface area contributed by atoms with Gasteiger partial charge in [-0.25, -0.2) is 0 Å². The number of aliphatic carboxylic acids is 2. The average Bonchev–Trinajstić information content (AvgIpc) is 2.25. The minimum atomic E-state index is -1.28. The van der Waals surface area contributed by atoms with Crippen molar-refractivity contribution in [1.82, 2.24) is 0 Å². The molecule has 0 aliphatic carbocycles. The number of hydrogen-bond donors (Lipinski definition) is 2. The van der Waals surface area contributed by atoms with Crippen molar-refractivity contribution in [2.75, 3.05) is 0 Å². The second-order valence-corrected chi connectivity index (χ2v) is 6.38. The number of carbonyl (C=O) groups is 2. The van der Waals surface area contributed by atoms with E-state index < -0.39 is 17.9 Å². The van der Waals surface area contributed by atoms with Crippen molar-refractivity contribution in [3.63, 3.8) is 0 Å². The fraction of sp³-hybridized carbons (Fsp3) is 0.867. The number of unbranched alkanes of at least 4 members (excludes halogenated alkanes) is 3. The van der Waals surface area contributed by atoms with E-state index in [0.29, 0.717) is 0 Å². The zero-order chi connectivity index (χ0) is 15.1. The van der Waals surface area contributed by atoms with Crippen LogP contribution in [0.25, 0.3) is 0 Å². The van der Waals surface area contributed by atoms with Gasteiger partial charge in [-0.15, -0.1) is 0 Å². The van der Waals surface area contributed by atoms with Crippen molar-refractivity contribution in [3.8, 4) is 0 Å². The zero-order valence-corrected chi connectivity index (χ0v) is 12.6. The van der Waals surface area contributed by atoms with E-state index in [0.717, 1.165) is 25.7 Å². The van der Waals surface area contributed by atoms with Crippen molar-refractivity contribution in [2.45, 2.75) is 66.2 Å². The maximum atomic E-state index is 11.0. The van der Waals surface area contributed by atoms with Gasteiger partial charge in [0.15, 0.2) is 5.92 Å². The summed E-state index contributed by atoms with van der Waals surface area (Å²) in [5.41, 5.74) is -0.0602. The summed E-state index contributed by atoms with van der Waals surface area (Å²) < 4.78 is 0. The monoisotopic (exact) mass is 312 g/mol. The van der Waals surface area contributed by atoms with E-state index >= 15 is 0 Å². The summed E-state index contributed by atoms with van der Waals surface area (Å²) in [5, 5.41) is 18.0. The molecule has 1 unspecified atom stereocenters. The Morgan fingerprint density at radius 1 is 1.00 bits per heavy atom. The molecule has 0 radical (unpaired) electrons. The van der Waals surface area contributed by atoms with Crippen LogP contribution in [0.5, 0.6) is 0 Å². The topological polar surface area (TPSA) is 74.6 Å². The van der Waals surface area contributed by atoms with Gasteiger partial charge in [0.2, 0.25) is 0 Å². The molecule has 0 aromatic carbocycles. The first-order valence-corrected chi connectivity index (χ1v) is 7.15. The van der Waals surface area contributed by atoms with E-state index in [9.17, 15) is 9.59 Å². The van der Waals surface area contributed by atoms with E-state index in [4.69, 9.17) is 10.2 Å². The number of rotatable bonds is 9. The zero-order valence-electron chi connectivity index (χ0n) is 12.6. The Balaban J connectivity index is 0. The van der Waals surface area contributed by atoms with Gasteiger partial charge in [-0.1, -0.05) is 53.4 Å². The van der Waals surface area contributed by atoms with Crippen molar-refractivity contribution in [1.29, 1.82) is 0 Å². The van der Waals surface area contributed by atoms with Crippen LogP contribution in [0.3, 0.4) is 0 Å². The second kappa shape index (κ2) is 11.2. The molecule has 0 saturated heterocycles. The number of hydrogen-bond acceptors (Lipinski definition) is 2. The normalized spacial score (nSPS) is 12.8. The Morgan fingerprint density at radius 3 is 1.85 bits per heavy atom. The van der Waals surface area contributed by atoms with Gasteiger partial charge in [0.25, 0.3) is 0 Å². The first kappa shape index (κ1) is 22.9.